The number of hydrogen-bond donors (Lipinski definition) is 2. The standard InChI is InChI=1S/C10H13N5O2/c1-13-7-2-3-17-5-8(7)15-4-6(10(12)16)9(11)14-15/h1,4,7-8H,2-3,5H2,(H3-,11,12,14,16)/p+1/t7-,8-/m0/s1. The van der Waals surface area contributed by atoms with Crippen molar-refractivity contribution in [1.29, 1.82) is 0 Å². The molecule has 0 unspecified atom stereocenters. The quantitative estimate of drug-likeness (QED) is 0.746. The highest BCUT2D eigenvalue weighted by atomic mass is 16.5. The third-order valence-electron chi connectivity index (χ3n) is 2.85. The summed E-state index contributed by atoms with van der Waals surface area (Å²) < 4.78 is 6.90. The van der Waals surface area contributed by atoms with Gasteiger partial charge >= 0.3 is 0 Å². The Balaban J connectivity index is 2.30. The number of carbonyl (C=O) groups is 1. The molecule has 1 amide bonds. The molecule has 7 heteroatoms. The van der Waals surface area contributed by atoms with Crippen molar-refractivity contribution in [2.75, 3.05) is 18.9 Å². The molecule has 2 atom stereocenters. The van der Waals surface area contributed by atoms with E-state index in [1.165, 1.54) is 6.20 Å². The minimum Gasteiger partial charge on any atom is -0.382 e. The molecule has 17 heavy (non-hydrogen) atoms. The molecule has 2 rings (SSSR count). The van der Waals surface area contributed by atoms with Crippen LogP contribution in [0.1, 0.15) is 22.8 Å². The third-order valence-corrected chi connectivity index (χ3v) is 2.85. The van der Waals surface area contributed by atoms with E-state index in [1.54, 1.807) is 4.68 Å². The number of rotatable bonds is 2. The van der Waals surface area contributed by atoms with E-state index in [0.29, 0.717) is 19.6 Å². The SMILES string of the molecule is C#[N+][C@H]1CCOC[C@@H]1n1cc(C(N)=O)c(N)n1. The first-order valence-electron chi connectivity index (χ1n) is 5.25. The molecule has 1 aromatic rings. The summed E-state index contributed by atoms with van der Waals surface area (Å²) in [6.45, 7) is 6.39. The van der Waals surface area contributed by atoms with E-state index in [1.807, 2.05) is 0 Å². The predicted molar refractivity (Wildman–Crippen MR) is 61.7 cm³/mol. The number of primary amides is 1. The molecule has 0 aliphatic carbocycles. The number of hydrogen-bond acceptors (Lipinski definition) is 4. The molecule has 1 aromatic heterocycles. The summed E-state index contributed by atoms with van der Waals surface area (Å²) in [5.41, 5.74) is 11.0. The summed E-state index contributed by atoms with van der Waals surface area (Å²) in [6, 6.07) is -0.243. The molecule has 1 fully saturated rings. The first-order chi connectivity index (χ1) is 8.13. The second-order valence-corrected chi connectivity index (χ2v) is 3.92. The predicted octanol–water partition coefficient (Wildman–Crippen LogP) is -0.143. The Hall–Kier alpha value is -2.07. The van der Waals surface area contributed by atoms with Gasteiger partial charge < -0.3 is 16.2 Å². The van der Waals surface area contributed by atoms with Gasteiger partial charge in [0.15, 0.2) is 11.9 Å². The topological polar surface area (TPSA) is 101 Å². The lowest BCUT2D eigenvalue weighted by molar-refractivity contribution is 0.0507. The molecule has 90 valence electrons. The molecule has 4 N–H and O–H groups in total. The van der Waals surface area contributed by atoms with Gasteiger partial charge in [0.2, 0.25) is 0 Å². The van der Waals surface area contributed by atoms with Gasteiger partial charge in [0.05, 0.1) is 19.6 Å². The molecule has 1 aliphatic rings. The van der Waals surface area contributed by atoms with Crippen LogP contribution in [-0.4, -0.2) is 34.9 Å². The number of nitrogens with two attached hydrogens (primary N) is 2. The van der Waals surface area contributed by atoms with Crippen molar-refractivity contribution in [3.63, 3.8) is 0 Å². The molecule has 0 bridgehead atoms. The van der Waals surface area contributed by atoms with Gasteiger partial charge in [0.1, 0.15) is 5.56 Å². The number of amides is 1. The molecular weight excluding hydrogens is 222 g/mol. The van der Waals surface area contributed by atoms with Gasteiger partial charge in [0.25, 0.3) is 18.5 Å². The monoisotopic (exact) mass is 236 g/mol. The number of nitrogen functional groups attached to an aromatic ring is 1. The fourth-order valence-corrected chi connectivity index (χ4v) is 1.90. The van der Waals surface area contributed by atoms with E-state index in [0.717, 1.165) is 0 Å². The van der Waals surface area contributed by atoms with E-state index < -0.39 is 5.91 Å². The van der Waals surface area contributed by atoms with Gasteiger partial charge in [-0.2, -0.15) is 5.10 Å². The highest BCUT2D eigenvalue weighted by Gasteiger charge is 2.35. The van der Waals surface area contributed by atoms with Crippen molar-refractivity contribution in [2.45, 2.75) is 18.5 Å². The van der Waals surface area contributed by atoms with Crippen LogP contribution < -0.4 is 11.5 Å². The molecule has 0 saturated carbocycles. The zero-order valence-corrected chi connectivity index (χ0v) is 9.24. The summed E-state index contributed by atoms with van der Waals surface area (Å²) in [6.07, 6.45) is 2.22. The van der Waals surface area contributed by atoms with Crippen LogP contribution >= 0.6 is 0 Å². The maximum Gasteiger partial charge on any atom is 0.298 e. The normalized spacial score (nSPS) is 24.2. The fraction of sp³-hybridized carbons (Fsp3) is 0.500. The van der Waals surface area contributed by atoms with Crippen LogP contribution in [0.4, 0.5) is 5.82 Å². The van der Waals surface area contributed by atoms with Gasteiger partial charge in [-0.3, -0.25) is 9.48 Å². The highest BCUT2D eigenvalue weighted by Crippen LogP contribution is 2.24. The lowest BCUT2D eigenvalue weighted by Crippen LogP contribution is -2.32. The Labute approximate surface area is 98.1 Å². The van der Waals surface area contributed by atoms with Gasteiger partial charge in [-0.25, -0.2) is 0 Å². The van der Waals surface area contributed by atoms with Crippen LogP contribution in [0, 0.1) is 6.57 Å². The molecule has 0 aromatic carbocycles. The number of carbonyl (C=O) groups excluding carboxylic acids is 1. The molecule has 1 aliphatic heterocycles. The van der Waals surface area contributed by atoms with Crippen LogP contribution in [0.15, 0.2) is 6.20 Å². The van der Waals surface area contributed by atoms with Crippen molar-refractivity contribution in [3.05, 3.63) is 16.6 Å². The second kappa shape index (κ2) is 4.43. The van der Waals surface area contributed by atoms with Crippen LogP contribution in [0.3, 0.4) is 0 Å². The average molecular weight is 236 g/mol. The first-order valence-corrected chi connectivity index (χ1v) is 5.25. The van der Waals surface area contributed by atoms with E-state index in [2.05, 4.69) is 9.94 Å². The van der Waals surface area contributed by atoms with Gasteiger partial charge in [-0.1, -0.05) is 4.85 Å². The molecule has 0 spiro atoms. The minimum absolute atomic E-state index is 0.0937. The highest BCUT2D eigenvalue weighted by molar-refractivity contribution is 5.96. The Bertz CT molecular complexity index is 476. The average Bonchev–Trinajstić information content (AvgIpc) is 2.71. The van der Waals surface area contributed by atoms with E-state index in [9.17, 15) is 4.79 Å². The van der Waals surface area contributed by atoms with E-state index in [-0.39, 0.29) is 23.5 Å². The molecule has 0 radical (unpaired) electrons. The van der Waals surface area contributed by atoms with Crippen LogP contribution in [-0.2, 0) is 4.74 Å². The van der Waals surface area contributed by atoms with E-state index in [4.69, 9.17) is 22.8 Å². The Kier molecular flexibility index (Phi) is 2.97. The Morgan fingerprint density at radius 2 is 2.47 bits per heavy atom. The van der Waals surface area contributed by atoms with Crippen molar-refractivity contribution < 1.29 is 9.53 Å². The second-order valence-electron chi connectivity index (χ2n) is 3.92. The summed E-state index contributed by atoms with van der Waals surface area (Å²) in [5.74, 6) is -0.495. The van der Waals surface area contributed by atoms with Crippen molar-refractivity contribution >= 4 is 11.7 Å². The zero-order valence-electron chi connectivity index (χ0n) is 9.24. The maximum atomic E-state index is 11.1. The fourth-order valence-electron chi connectivity index (χ4n) is 1.90. The van der Waals surface area contributed by atoms with Crippen molar-refractivity contribution in [3.8, 4) is 6.57 Å². The summed E-state index contributed by atoms with van der Waals surface area (Å²) >= 11 is 0. The number of nitrogens with zero attached hydrogens (tertiary/aromatic N) is 3. The van der Waals surface area contributed by atoms with Crippen molar-refractivity contribution in [1.82, 2.24) is 9.78 Å². The smallest absolute Gasteiger partial charge is 0.298 e. The summed E-state index contributed by atoms with van der Waals surface area (Å²) in [7, 11) is 0. The Morgan fingerprint density at radius 3 is 3.06 bits per heavy atom. The number of ether oxygens (including phenoxy) is 1. The maximum absolute atomic E-state index is 11.1. The van der Waals surface area contributed by atoms with Crippen molar-refractivity contribution in [2.24, 2.45) is 5.73 Å². The number of aromatic nitrogens is 2. The summed E-state index contributed by atoms with van der Waals surface area (Å²) in [5, 5.41) is 4.05. The van der Waals surface area contributed by atoms with Crippen LogP contribution in [0.25, 0.3) is 4.85 Å². The molecule has 2 heterocycles. The molecule has 7 nitrogen and oxygen atoms in total. The van der Waals surface area contributed by atoms with Crippen LogP contribution in [0.2, 0.25) is 0 Å². The Morgan fingerprint density at radius 1 is 1.71 bits per heavy atom. The summed E-state index contributed by atoms with van der Waals surface area (Å²) in [4.78, 5) is 14.9. The lowest BCUT2D eigenvalue weighted by atomic mass is 10.1. The van der Waals surface area contributed by atoms with Gasteiger partial charge in [0, 0.05) is 6.20 Å². The van der Waals surface area contributed by atoms with Gasteiger partial charge in [-0.15, -0.1) is 0 Å². The lowest BCUT2D eigenvalue weighted by Gasteiger charge is -2.21. The molecular formula is C10H14N5O2+. The molecule has 1 saturated heterocycles. The van der Waals surface area contributed by atoms with Gasteiger partial charge in [-0.05, 0) is 0 Å². The zero-order chi connectivity index (χ0) is 12.4. The number of anilines is 1. The minimum atomic E-state index is -0.605. The largest absolute Gasteiger partial charge is 0.382 e. The third kappa shape index (κ3) is 2.07. The van der Waals surface area contributed by atoms with Crippen LogP contribution in [0.5, 0.6) is 0 Å². The van der Waals surface area contributed by atoms with E-state index >= 15 is 0 Å². The first kappa shape index (κ1) is 11.4.